The second-order valence-electron chi connectivity index (χ2n) is 4.44. The lowest BCUT2D eigenvalue weighted by molar-refractivity contribution is 0.0603. The molecule has 106 valence electrons. The molecular formula is C15H11FN2O3. The number of nitrogens with one attached hydrogen (secondary N) is 1. The fraction of sp³-hybridized carbons (Fsp3) is 0.0667. The van der Waals surface area contributed by atoms with Crippen LogP contribution in [0.2, 0.25) is 0 Å². The number of aromatic amines is 1. The van der Waals surface area contributed by atoms with Crippen molar-refractivity contribution >= 4 is 17.0 Å². The monoisotopic (exact) mass is 286 g/mol. The predicted octanol–water partition coefficient (Wildman–Crippen LogP) is 2.86. The van der Waals surface area contributed by atoms with Gasteiger partial charge in [-0.2, -0.15) is 0 Å². The van der Waals surface area contributed by atoms with Crippen LogP contribution in [0.15, 0.2) is 36.4 Å². The number of rotatable bonds is 2. The maximum atomic E-state index is 13.0. The average Bonchev–Trinajstić information content (AvgIpc) is 2.93. The number of aromatic hydroxyl groups is 1. The molecule has 1 heterocycles. The first-order chi connectivity index (χ1) is 10.1. The van der Waals surface area contributed by atoms with Gasteiger partial charge in [-0.3, -0.25) is 0 Å². The second kappa shape index (κ2) is 4.90. The number of fused-ring (bicyclic) bond motifs is 1. The number of halogens is 1. The maximum Gasteiger partial charge on any atom is 0.340 e. The first-order valence-corrected chi connectivity index (χ1v) is 6.16. The molecule has 3 aromatic rings. The maximum absolute atomic E-state index is 13.0. The molecule has 1 aromatic heterocycles. The molecule has 0 aliphatic rings. The smallest absolute Gasteiger partial charge is 0.340 e. The van der Waals surface area contributed by atoms with Crippen molar-refractivity contribution in [2.24, 2.45) is 0 Å². The number of phenolic OH excluding ortho intramolecular Hbond substituents is 1. The summed E-state index contributed by atoms with van der Waals surface area (Å²) in [6.07, 6.45) is 0. The number of hydrogen-bond acceptors (Lipinski definition) is 4. The molecule has 0 unspecified atom stereocenters. The molecule has 2 N–H and O–H groups in total. The van der Waals surface area contributed by atoms with Crippen LogP contribution in [0.3, 0.4) is 0 Å². The van der Waals surface area contributed by atoms with Gasteiger partial charge in [0.25, 0.3) is 0 Å². The van der Waals surface area contributed by atoms with E-state index in [2.05, 4.69) is 9.97 Å². The van der Waals surface area contributed by atoms with Crippen molar-refractivity contribution in [2.75, 3.05) is 7.11 Å². The Labute approximate surface area is 119 Å². The van der Waals surface area contributed by atoms with Gasteiger partial charge in [0.05, 0.1) is 12.7 Å². The molecule has 0 fully saturated rings. The summed E-state index contributed by atoms with van der Waals surface area (Å²) in [7, 11) is 1.27. The van der Waals surface area contributed by atoms with Gasteiger partial charge in [0.1, 0.15) is 28.4 Å². The summed E-state index contributed by atoms with van der Waals surface area (Å²) in [5.41, 5.74) is 1.52. The molecule has 21 heavy (non-hydrogen) atoms. The van der Waals surface area contributed by atoms with Crippen LogP contribution in [0.5, 0.6) is 5.75 Å². The number of H-pyrrole nitrogens is 1. The van der Waals surface area contributed by atoms with Gasteiger partial charge in [0.2, 0.25) is 0 Å². The molecule has 0 bridgehead atoms. The zero-order chi connectivity index (χ0) is 15.0. The molecule has 5 nitrogen and oxygen atoms in total. The Kier molecular flexibility index (Phi) is 3.06. The highest BCUT2D eigenvalue weighted by Gasteiger charge is 2.17. The number of benzene rings is 2. The van der Waals surface area contributed by atoms with Crippen molar-refractivity contribution in [1.82, 2.24) is 9.97 Å². The van der Waals surface area contributed by atoms with Crippen molar-refractivity contribution in [1.29, 1.82) is 0 Å². The number of ether oxygens (including phenoxy) is 1. The minimum atomic E-state index is -0.544. The van der Waals surface area contributed by atoms with Crippen LogP contribution in [0, 0.1) is 5.82 Å². The SMILES string of the molecule is COC(=O)c1ccc(O)c2[nH]c(-c3ccc(F)cc3)nc12. The highest BCUT2D eigenvalue weighted by atomic mass is 19.1. The molecule has 0 atom stereocenters. The number of phenols is 1. The van der Waals surface area contributed by atoms with E-state index in [0.717, 1.165) is 0 Å². The van der Waals surface area contributed by atoms with E-state index in [4.69, 9.17) is 4.74 Å². The summed E-state index contributed by atoms with van der Waals surface area (Å²) in [5, 5.41) is 9.87. The predicted molar refractivity (Wildman–Crippen MR) is 74.5 cm³/mol. The van der Waals surface area contributed by atoms with Crippen LogP contribution in [0.4, 0.5) is 4.39 Å². The van der Waals surface area contributed by atoms with E-state index in [1.807, 2.05) is 0 Å². The van der Waals surface area contributed by atoms with Crippen LogP contribution >= 0.6 is 0 Å². The van der Waals surface area contributed by atoms with E-state index >= 15 is 0 Å². The van der Waals surface area contributed by atoms with E-state index in [1.165, 1.54) is 31.4 Å². The first-order valence-electron chi connectivity index (χ1n) is 6.16. The quantitative estimate of drug-likeness (QED) is 0.710. The zero-order valence-electron chi connectivity index (χ0n) is 11.1. The summed E-state index contributed by atoms with van der Waals surface area (Å²) in [5.74, 6) is -0.500. The molecule has 0 saturated heterocycles. The summed E-state index contributed by atoms with van der Waals surface area (Å²) >= 11 is 0. The normalized spacial score (nSPS) is 10.8. The number of nitrogens with zero attached hydrogens (tertiary/aromatic N) is 1. The fourth-order valence-corrected chi connectivity index (χ4v) is 2.10. The van der Waals surface area contributed by atoms with Crippen LogP contribution in [0.25, 0.3) is 22.4 Å². The lowest BCUT2D eigenvalue weighted by atomic mass is 10.2. The van der Waals surface area contributed by atoms with Gasteiger partial charge in [0, 0.05) is 5.56 Å². The van der Waals surface area contributed by atoms with Gasteiger partial charge >= 0.3 is 5.97 Å². The number of imidazole rings is 1. The second-order valence-corrected chi connectivity index (χ2v) is 4.44. The molecule has 0 amide bonds. The number of esters is 1. The molecule has 0 radical (unpaired) electrons. The third kappa shape index (κ3) is 2.20. The van der Waals surface area contributed by atoms with Crippen LogP contribution in [-0.2, 0) is 4.74 Å². The van der Waals surface area contributed by atoms with Gasteiger partial charge in [-0.15, -0.1) is 0 Å². The lowest BCUT2D eigenvalue weighted by Crippen LogP contribution is -2.01. The molecular weight excluding hydrogens is 275 g/mol. The van der Waals surface area contributed by atoms with E-state index < -0.39 is 5.97 Å². The molecule has 0 spiro atoms. The molecule has 2 aromatic carbocycles. The molecule has 3 rings (SSSR count). The molecule has 0 aliphatic heterocycles. The Morgan fingerprint density at radius 2 is 1.95 bits per heavy atom. The average molecular weight is 286 g/mol. The zero-order valence-corrected chi connectivity index (χ0v) is 11.1. The lowest BCUT2D eigenvalue weighted by Gasteiger charge is -2.00. The van der Waals surface area contributed by atoms with Crippen molar-refractivity contribution in [3.8, 4) is 17.1 Å². The number of hydrogen-bond donors (Lipinski definition) is 2. The van der Waals surface area contributed by atoms with Gasteiger partial charge in [0.15, 0.2) is 0 Å². The number of methoxy groups -OCH3 is 1. The Bertz CT molecular complexity index is 825. The molecule has 0 aliphatic carbocycles. The third-order valence-electron chi connectivity index (χ3n) is 3.15. The summed E-state index contributed by atoms with van der Waals surface area (Å²) < 4.78 is 17.6. The Morgan fingerprint density at radius 3 is 2.62 bits per heavy atom. The van der Waals surface area contributed by atoms with Crippen LogP contribution in [0.1, 0.15) is 10.4 Å². The fourth-order valence-electron chi connectivity index (χ4n) is 2.10. The molecule has 0 saturated carbocycles. The van der Waals surface area contributed by atoms with E-state index in [9.17, 15) is 14.3 Å². The Balaban J connectivity index is 2.21. The highest BCUT2D eigenvalue weighted by Crippen LogP contribution is 2.29. The van der Waals surface area contributed by atoms with Gasteiger partial charge in [-0.1, -0.05) is 0 Å². The van der Waals surface area contributed by atoms with E-state index in [-0.39, 0.29) is 17.1 Å². The van der Waals surface area contributed by atoms with Gasteiger partial charge < -0.3 is 14.8 Å². The van der Waals surface area contributed by atoms with Crippen LogP contribution < -0.4 is 0 Å². The van der Waals surface area contributed by atoms with Crippen LogP contribution in [-0.4, -0.2) is 28.2 Å². The highest BCUT2D eigenvalue weighted by molar-refractivity contribution is 6.04. The topological polar surface area (TPSA) is 75.2 Å². The third-order valence-corrected chi connectivity index (χ3v) is 3.15. The van der Waals surface area contributed by atoms with Crippen molar-refractivity contribution in [3.05, 3.63) is 47.8 Å². The minimum absolute atomic E-state index is 0.0292. The van der Waals surface area contributed by atoms with Crippen molar-refractivity contribution in [2.45, 2.75) is 0 Å². The van der Waals surface area contributed by atoms with Gasteiger partial charge in [-0.05, 0) is 36.4 Å². The minimum Gasteiger partial charge on any atom is -0.506 e. The van der Waals surface area contributed by atoms with Crippen molar-refractivity contribution < 1.29 is 19.0 Å². The Morgan fingerprint density at radius 1 is 1.24 bits per heavy atom. The number of carbonyl (C=O) groups is 1. The van der Waals surface area contributed by atoms with Crippen molar-refractivity contribution in [3.63, 3.8) is 0 Å². The summed E-state index contributed by atoms with van der Waals surface area (Å²) in [6, 6.07) is 8.57. The molecule has 6 heteroatoms. The largest absolute Gasteiger partial charge is 0.506 e. The number of carbonyl (C=O) groups excluding carboxylic acids is 1. The Hall–Kier alpha value is -2.89. The first kappa shape index (κ1) is 13.1. The summed E-state index contributed by atoms with van der Waals surface area (Å²) in [6.45, 7) is 0. The standard InChI is InChI=1S/C15H11FN2O3/c1-21-15(20)10-6-7-11(19)13-12(10)17-14(18-13)8-2-4-9(16)5-3-8/h2-7,19H,1H3,(H,17,18). The van der Waals surface area contributed by atoms with E-state index in [1.54, 1.807) is 12.1 Å². The van der Waals surface area contributed by atoms with E-state index in [0.29, 0.717) is 22.4 Å². The van der Waals surface area contributed by atoms with Gasteiger partial charge in [-0.25, -0.2) is 14.2 Å². The number of aromatic nitrogens is 2. The summed E-state index contributed by atoms with van der Waals surface area (Å²) in [4.78, 5) is 19.0.